The van der Waals surface area contributed by atoms with Gasteiger partial charge in [0.05, 0.1) is 15.7 Å². The zero-order valence-corrected chi connectivity index (χ0v) is 24.6. The van der Waals surface area contributed by atoms with Crippen LogP contribution in [0.5, 0.6) is 0 Å². The van der Waals surface area contributed by atoms with E-state index in [4.69, 9.17) is 0 Å². The van der Waals surface area contributed by atoms with E-state index in [1.54, 1.807) is 18.2 Å². The molecule has 4 nitrogen and oxygen atoms in total. The number of rotatable bonds is 8. The molecule has 3 fully saturated rings. The Morgan fingerprint density at radius 1 is 1.05 bits per heavy atom. The predicted molar refractivity (Wildman–Crippen MR) is 149 cm³/mol. The topological polar surface area (TPSA) is 74.6 Å². The Morgan fingerprint density at radius 3 is 2.45 bits per heavy atom. The molecular formula is C32H45F3O4S. The SMILES string of the molecule is CC[C@]1(O)CCC2C(=CCC3C2CCC2(C)C(CCC(C[C@H](O)C(F)(F)F)S(=O)(=O)c4ccccc4)CCC32)C1. The number of alkyl halides is 3. The molecule has 9 atom stereocenters. The van der Waals surface area contributed by atoms with Crippen molar-refractivity contribution in [1.82, 2.24) is 0 Å². The summed E-state index contributed by atoms with van der Waals surface area (Å²) in [4.78, 5) is 0.0117. The minimum Gasteiger partial charge on any atom is -0.390 e. The summed E-state index contributed by atoms with van der Waals surface area (Å²) in [5, 5.41) is 19.5. The maximum absolute atomic E-state index is 13.4. The lowest BCUT2D eigenvalue weighted by Gasteiger charge is -2.54. The number of hydrogen-bond acceptors (Lipinski definition) is 4. The third kappa shape index (κ3) is 5.54. The van der Waals surface area contributed by atoms with Gasteiger partial charge >= 0.3 is 6.18 Å². The van der Waals surface area contributed by atoms with Crippen molar-refractivity contribution in [3.05, 3.63) is 42.0 Å². The van der Waals surface area contributed by atoms with Gasteiger partial charge < -0.3 is 10.2 Å². The Bertz CT molecular complexity index is 1180. The summed E-state index contributed by atoms with van der Waals surface area (Å²) < 4.78 is 66.8. The summed E-state index contributed by atoms with van der Waals surface area (Å²) in [6.45, 7) is 4.41. The molecule has 0 heterocycles. The molecule has 40 heavy (non-hydrogen) atoms. The van der Waals surface area contributed by atoms with Gasteiger partial charge in [-0.2, -0.15) is 13.2 Å². The molecule has 0 aromatic heterocycles. The summed E-state index contributed by atoms with van der Waals surface area (Å²) in [5.41, 5.74) is 0.939. The first kappa shape index (κ1) is 30.1. The molecule has 0 saturated heterocycles. The van der Waals surface area contributed by atoms with Crippen LogP contribution in [0.1, 0.15) is 90.9 Å². The van der Waals surface area contributed by atoms with Gasteiger partial charge in [-0.3, -0.25) is 0 Å². The fourth-order valence-corrected chi connectivity index (χ4v) is 11.0. The second-order valence-electron chi connectivity index (χ2n) is 13.5. The van der Waals surface area contributed by atoms with Gasteiger partial charge in [0.15, 0.2) is 15.9 Å². The normalized spacial score (nSPS) is 37.6. The molecule has 8 heteroatoms. The Kier molecular flexibility index (Phi) is 8.30. The molecule has 0 bridgehead atoms. The van der Waals surface area contributed by atoms with E-state index in [0.29, 0.717) is 30.1 Å². The lowest BCUT2D eigenvalue weighted by atomic mass is 9.51. The number of halogens is 3. The van der Waals surface area contributed by atoms with Crippen LogP contribution in [0.4, 0.5) is 13.2 Å². The molecule has 0 spiro atoms. The summed E-state index contributed by atoms with van der Waals surface area (Å²) in [7, 11) is -4.03. The number of fused-ring (bicyclic) bond motifs is 5. The monoisotopic (exact) mass is 582 g/mol. The van der Waals surface area contributed by atoms with Crippen LogP contribution in [0.15, 0.2) is 46.9 Å². The van der Waals surface area contributed by atoms with Crippen molar-refractivity contribution in [2.75, 3.05) is 0 Å². The van der Waals surface area contributed by atoms with Crippen LogP contribution < -0.4 is 0 Å². The highest BCUT2D eigenvalue weighted by atomic mass is 32.2. The van der Waals surface area contributed by atoms with Crippen LogP contribution in [-0.4, -0.2) is 41.8 Å². The van der Waals surface area contributed by atoms with E-state index in [-0.39, 0.29) is 22.6 Å². The van der Waals surface area contributed by atoms with Crippen LogP contribution in [0.25, 0.3) is 0 Å². The minimum atomic E-state index is -4.85. The molecule has 0 aliphatic heterocycles. The van der Waals surface area contributed by atoms with Gasteiger partial charge in [0.2, 0.25) is 0 Å². The highest BCUT2D eigenvalue weighted by Gasteiger charge is 2.56. The Hall–Kier alpha value is -1.38. The number of sulfone groups is 1. The molecule has 0 radical (unpaired) electrons. The van der Waals surface area contributed by atoms with Crippen LogP contribution in [-0.2, 0) is 9.84 Å². The lowest BCUT2D eigenvalue weighted by Crippen LogP contribution is -2.47. The summed E-state index contributed by atoms with van der Waals surface area (Å²) in [6, 6.07) is 7.67. The zero-order valence-electron chi connectivity index (χ0n) is 23.7. The van der Waals surface area contributed by atoms with Crippen molar-refractivity contribution in [3.8, 4) is 0 Å². The van der Waals surface area contributed by atoms with Gasteiger partial charge in [-0.25, -0.2) is 8.42 Å². The van der Waals surface area contributed by atoms with E-state index in [2.05, 4.69) is 19.9 Å². The van der Waals surface area contributed by atoms with Gasteiger partial charge in [-0.05, 0) is 124 Å². The Labute approximate surface area is 237 Å². The van der Waals surface area contributed by atoms with E-state index in [1.165, 1.54) is 17.7 Å². The fourth-order valence-electron chi connectivity index (χ4n) is 9.22. The van der Waals surface area contributed by atoms with Crippen LogP contribution in [0, 0.1) is 35.0 Å². The highest BCUT2D eigenvalue weighted by molar-refractivity contribution is 7.92. The van der Waals surface area contributed by atoms with Gasteiger partial charge in [0.1, 0.15) is 0 Å². The summed E-state index contributed by atoms with van der Waals surface area (Å²) >= 11 is 0. The van der Waals surface area contributed by atoms with Gasteiger partial charge in [0.25, 0.3) is 0 Å². The van der Waals surface area contributed by atoms with Gasteiger partial charge in [0, 0.05) is 0 Å². The number of aliphatic hydroxyl groups excluding tert-OH is 1. The van der Waals surface area contributed by atoms with E-state index in [9.17, 15) is 31.8 Å². The summed E-state index contributed by atoms with van der Waals surface area (Å²) in [6.07, 6.45) is 3.49. The van der Waals surface area contributed by atoms with Crippen molar-refractivity contribution in [2.45, 2.75) is 119 Å². The summed E-state index contributed by atoms with van der Waals surface area (Å²) in [5.74, 6) is 2.56. The molecule has 5 rings (SSSR count). The molecule has 224 valence electrons. The lowest BCUT2D eigenvalue weighted by molar-refractivity contribution is -0.205. The van der Waals surface area contributed by atoms with Crippen LogP contribution in [0.3, 0.4) is 0 Å². The van der Waals surface area contributed by atoms with E-state index in [0.717, 1.165) is 57.8 Å². The number of allylic oxidation sites excluding steroid dienone is 1. The third-order valence-corrected chi connectivity index (χ3v) is 13.9. The first-order valence-corrected chi connectivity index (χ1v) is 16.8. The van der Waals surface area contributed by atoms with Crippen molar-refractivity contribution in [3.63, 3.8) is 0 Å². The van der Waals surface area contributed by atoms with Gasteiger partial charge in [-0.1, -0.05) is 43.7 Å². The quantitative estimate of drug-likeness (QED) is 0.317. The Morgan fingerprint density at radius 2 is 1.77 bits per heavy atom. The maximum atomic E-state index is 13.4. The third-order valence-electron chi connectivity index (χ3n) is 11.7. The predicted octanol–water partition coefficient (Wildman–Crippen LogP) is 7.25. The number of benzene rings is 1. The van der Waals surface area contributed by atoms with Crippen molar-refractivity contribution >= 4 is 9.84 Å². The van der Waals surface area contributed by atoms with Crippen LogP contribution >= 0.6 is 0 Å². The van der Waals surface area contributed by atoms with E-state index in [1.807, 2.05) is 0 Å². The fraction of sp³-hybridized carbons (Fsp3) is 0.750. The molecule has 3 saturated carbocycles. The van der Waals surface area contributed by atoms with Crippen molar-refractivity contribution in [2.24, 2.45) is 35.0 Å². The highest BCUT2D eigenvalue weighted by Crippen LogP contribution is 2.64. The van der Waals surface area contributed by atoms with Crippen molar-refractivity contribution in [1.29, 1.82) is 0 Å². The standard InChI is InChI=1S/C32H45F3O4S/c1-3-31(37)18-16-25-21(20-31)9-13-27-26(25)15-17-30(2)22(11-14-28(27)30)10-12-24(19-29(36)32(33,34)35)40(38,39)23-7-5-4-6-8-23/h4-9,22,24-29,36-37H,3,10-20H2,1-2H3/t22?,24?,25?,26?,27?,28?,29-,30?,31-/m0/s1. The molecule has 2 N–H and O–H groups in total. The number of aliphatic hydroxyl groups is 2. The molecule has 7 unspecified atom stereocenters. The average Bonchev–Trinajstić information content (AvgIpc) is 3.26. The molecule has 4 aliphatic rings. The molecule has 0 amide bonds. The van der Waals surface area contributed by atoms with E-state index >= 15 is 0 Å². The molecule has 4 aliphatic carbocycles. The Balaban J connectivity index is 1.31. The first-order chi connectivity index (χ1) is 18.8. The molecule has 1 aromatic carbocycles. The largest absolute Gasteiger partial charge is 0.414 e. The molecular weight excluding hydrogens is 537 g/mol. The van der Waals surface area contributed by atoms with Crippen LogP contribution in [0.2, 0.25) is 0 Å². The second kappa shape index (κ2) is 11.0. The molecule has 1 aromatic rings. The van der Waals surface area contributed by atoms with Crippen molar-refractivity contribution < 1.29 is 31.8 Å². The zero-order chi connectivity index (χ0) is 28.9. The maximum Gasteiger partial charge on any atom is 0.414 e. The number of hydrogen-bond donors (Lipinski definition) is 2. The van der Waals surface area contributed by atoms with Gasteiger partial charge in [-0.15, -0.1) is 0 Å². The van der Waals surface area contributed by atoms with E-state index < -0.39 is 39.4 Å². The minimum absolute atomic E-state index is 0.0117. The first-order valence-electron chi connectivity index (χ1n) is 15.2. The smallest absolute Gasteiger partial charge is 0.390 e. The average molecular weight is 583 g/mol. The second-order valence-corrected chi connectivity index (χ2v) is 15.7.